The van der Waals surface area contributed by atoms with E-state index in [1.165, 1.54) is 4.31 Å². The van der Waals surface area contributed by atoms with Gasteiger partial charge >= 0.3 is 0 Å². The van der Waals surface area contributed by atoms with E-state index in [1.807, 2.05) is 19.1 Å². The second kappa shape index (κ2) is 8.78. The quantitative estimate of drug-likeness (QED) is 0.739. The minimum absolute atomic E-state index is 0.0559. The summed E-state index contributed by atoms with van der Waals surface area (Å²) in [6, 6.07) is 7.15. The summed E-state index contributed by atoms with van der Waals surface area (Å²) in [5, 5.41) is 0. The molecule has 140 valence electrons. The van der Waals surface area contributed by atoms with Crippen molar-refractivity contribution in [2.75, 3.05) is 39.4 Å². The zero-order valence-electron chi connectivity index (χ0n) is 15.3. The molecule has 1 aromatic rings. The first-order valence-corrected chi connectivity index (χ1v) is 10.3. The van der Waals surface area contributed by atoms with Crippen molar-refractivity contribution in [1.82, 2.24) is 9.21 Å². The number of piperazine rings is 1. The number of carbonyl (C=O) groups excluding carboxylic acids is 1. The van der Waals surface area contributed by atoms with Crippen molar-refractivity contribution in [3.63, 3.8) is 0 Å². The van der Waals surface area contributed by atoms with Crippen molar-refractivity contribution in [2.24, 2.45) is 0 Å². The van der Waals surface area contributed by atoms with Crippen LogP contribution in [0.25, 0.3) is 0 Å². The van der Waals surface area contributed by atoms with Crippen molar-refractivity contribution in [2.45, 2.75) is 38.0 Å². The average Bonchev–Trinajstić information content (AvgIpc) is 2.65. The summed E-state index contributed by atoms with van der Waals surface area (Å²) in [5.74, 6) is 0.327. The third-order valence-corrected chi connectivity index (χ3v) is 6.63. The third kappa shape index (κ3) is 4.80. The van der Waals surface area contributed by atoms with E-state index in [-0.39, 0.29) is 12.5 Å². The largest absolute Gasteiger partial charge is 0.372 e. The van der Waals surface area contributed by atoms with Crippen LogP contribution >= 0.6 is 0 Å². The van der Waals surface area contributed by atoms with E-state index in [0.717, 1.165) is 12.0 Å². The summed E-state index contributed by atoms with van der Waals surface area (Å²) in [5.41, 5.74) is 1.15. The molecule has 1 aliphatic heterocycles. The summed E-state index contributed by atoms with van der Waals surface area (Å²) in [4.78, 5) is 13.9. The SMILES string of the molecule is CCOCC(=O)N1CCN(S(=O)(=O)c2ccc(C(C)CC)cc2)CC1. The maximum atomic E-state index is 12.8. The lowest BCUT2D eigenvalue weighted by molar-refractivity contribution is -0.137. The van der Waals surface area contributed by atoms with Crippen molar-refractivity contribution >= 4 is 15.9 Å². The Kier molecular flexibility index (Phi) is 6.98. The Morgan fingerprint density at radius 1 is 1.12 bits per heavy atom. The van der Waals surface area contributed by atoms with Crippen LogP contribution in [0.4, 0.5) is 0 Å². The van der Waals surface area contributed by atoms with Crippen molar-refractivity contribution in [3.05, 3.63) is 29.8 Å². The summed E-state index contributed by atoms with van der Waals surface area (Å²) in [6.45, 7) is 8.05. The molecular formula is C18H28N2O4S. The molecular weight excluding hydrogens is 340 g/mol. The molecule has 0 N–H and O–H groups in total. The number of benzene rings is 1. The van der Waals surface area contributed by atoms with Crippen LogP contribution in [0.3, 0.4) is 0 Å². The molecule has 1 aromatic carbocycles. The zero-order valence-corrected chi connectivity index (χ0v) is 16.1. The maximum Gasteiger partial charge on any atom is 0.248 e. The van der Waals surface area contributed by atoms with Crippen LogP contribution in [0, 0.1) is 0 Å². The maximum absolute atomic E-state index is 12.8. The first-order valence-electron chi connectivity index (χ1n) is 8.85. The van der Waals surface area contributed by atoms with Gasteiger partial charge in [-0.05, 0) is 37.0 Å². The molecule has 1 aliphatic rings. The van der Waals surface area contributed by atoms with Gasteiger partial charge in [-0.25, -0.2) is 8.42 Å². The second-order valence-corrected chi connectivity index (χ2v) is 8.24. The highest BCUT2D eigenvalue weighted by atomic mass is 32.2. The summed E-state index contributed by atoms with van der Waals surface area (Å²) in [6.07, 6.45) is 1.02. The highest BCUT2D eigenvalue weighted by Crippen LogP contribution is 2.23. The molecule has 0 bridgehead atoms. The minimum atomic E-state index is -3.51. The van der Waals surface area contributed by atoms with Gasteiger partial charge in [-0.15, -0.1) is 0 Å². The Morgan fingerprint density at radius 2 is 1.72 bits per heavy atom. The predicted molar refractivity (Wildman–Crippen MR) is 97.0 cm³/mol. The first kappa shape index (κ1) is 19.9. The molecule has 0 saturated carbocycles. The monoisotopic (exact) mass is 368 g/mol. The van der Waals surface area contributed by atoms with E-state index < -0.39 is 10.0 Å². The van der Waals surface area contributed by atoms with Gasteiger partial charge in [-0.3, -0.25) is 4.79 Å². The van der Waals surface area contributed by atoms with Gasteiger partial charge in [-0.2, -0.15) is 4.31 Å². The number of ether oxygens (including phenoxy) is 1. The van der Waals surface area contributed by atoms with E-state index in [1.54, 1.807) is 17.0 Å². The van der Waals surface area contributed by atoms with Crippen molar-refractivity contribution in [1.29, 1.82) is 0 Å². The van der Waals surface area contributed by atoms with Gasteiger partial charge < -0.3 is 9.64 Å². The predicted octanol–water partition coefficient (Wildman–Crippen LogP) is 2.07. The fourth-order valence-electron chi connectivity index (χ4n) is 2.81. The fourth-order valence-corrected chi connectivity index (χ4v) is 4.23. The Bertz CT molecular complexity index is 665. The van der Waals surface area contributed by atoms with Crippen LogP contribution in [-0.2, 0) is 19.6 Å². The second-order valence-electron chi connectivity index (χ2n) is 6.30. The van der Waals surface area contributed by atoms with Gasteiger partial charge in [0.25, 0.3) is 0 Å². The van der Waals surface area contributed by atoms with E-state index in [2.05, 4.69) is 13.8 Å². The Morgan fingerprint density at radius 3 is 2.24 bits per heavy atom. The van der Waals surface area contributed by atoms with Crippen LogP contribution in [0.1, 0.15) is 38.7 Å². The van der Waals surface area contributed by atoms with Crippen molar-refractivity contribution < 1.29 is 17.9 Å². The molecule has 0 aliphatic carbocycles. The molecule has 1 atom stereocenters. The van der Waals surface area contributed by atoms with Gasteiger partial charge in [0.05, 0.1) is 4.90 Å². The number of hydrogen-bond donors (Lipinski definition) is 0. The number of amides is 1. The lowest BCUT2D eigenvalue weighted by Gasteiger charge is -2.34. The third-order valence-electron chi connectivity index (χ3n) is 4.72. The van der Waals surface area contributed by atoms with Crippen LogP contribution in [-0.4, -0.2) is 62.9 Å². The molecule has 6 nitrogen and oxygen atoms in total. The summed E-state index contributed by atoms with van der Waals surface area (Å²) < 4.78 is 32.2. The Labute approximate surface area is 150 Å². The lowest BCUT2D eigenvalue weighted by atomic mass is 9.99. The van der Waals surface area contributed by atoms with Crippen molar-refractivity contribution in [3.8, 4) is 0 Å². The molecule has 1 amide bonds. The minimum Gasteiger partial charge on any atom is -0.372 e. The van der Waals surface area contributed by atoms with Gasteiger partial charge in [0, 0.05) is 32.8 Å². The van der Waals surface area contributed by atoms with E-state index >= 15 is 0 Å². The molecule has 1 fully saturated rings. The van der Waals surface area contributed by atoms with Crippen LogP contribution in [0.2, 0.25) is 0 Å². The molecule has 2 rings (SSSR count). The standard InChI is InChI=1S/C18H28N2O4S/c1-4-15(3)16-6-8-17(9-7-16)25(22,23)20-12-10-19(11-13-20)18(21)14-24-5-2/h6-9,15H,4-5,10-14H2,1-3H3. The van der Waals surface area contributed by atoms with Gasteiger partial charge in [0.1, 0.15) is 6.61 Å². The molecule has 1 saturated heterocycles. The first-order chi connectivity index (χ1) is 11.9. The topological polar surface area (TPSA) is 66.9 Å². The summed E-state index contributed by atoms with van der Waals surface area (Å²) >= 11 is 0. The smallest absolute Gasteiger partial charge is 0.248 e. The number of hydrogen-bond acceptors (Lipinski definition) is 4. The molecule has 1 unspecified atom stereocenters. The van der Waals surface area contributed by atoms with Crippen LogP contribution in [0.5, 0.6) is 0 Å². The molecule has 1 heterocycles. The van der Waals surface area contributed by atoms with Gasteiger partial charge in [0.15, 0.2) is 0 Å². The number of sulfonamides is 1. The molecule has 0 spiro atoms. The zero-order chi connectivity index (χ0) is 18.4. The Hall–Kier alpha value is -1.44. The average molecular weight is 368 g/mol. The van der Waals surface area contributed by atoms with E-state index in [9.17, 15) is 13.2 Å². The summed E-state index contributed by atoms with van der Waals surface area (Å²) in [7, 11) is -3.51. The van der Waals surface area contributed by atoms with E-state index in [0.29, 0.717) is 43.6 Å². The van der Waals surface area contributed by atoms with Crippen LogP contribution < -0.4 is 0 Å². The Balaban J connectivity index is 2.00. The highest BCUT2D eigenvalue weighted by Gasteiger charge is 2.30. The molecule has 0 aromatic heterocycles. The van der Waals surface area contributed by atoms with E-state index in [4.69, 9.17) is 4.74 Å². The van der Waals surface area contributed by atoms with Gasteiger partial charge in [0.2, 0.25) is 15.9 Å². The molecule has 0 radical (unpaired) electrons. The number of nitrogens with zero attached hydrogens (tertiary/aromatic N) is 2. The number of carbonyl (C=O) groups is 1. The molecule has 25 heavy (non-hydrogen) atoms. The van der Waals surface area contributed by atoms with Crippen LogP contribution in [0.15, 0.2) is 29.2 Å². The number of rotatable bonds is 7. The molecule has 7 heteroatoms. The fraction of sp³-hybridized carbons (Fsp3) is 0.611. The highest BCUT2D eigenvalue weighted by molar-refractivity contribution is 7.89. The van der Waals surface area contributed by atoms with Gasteiger partial charge in [-0.1, -0.05) is 26.0 Å². The normalized spacial score (nSPS) is 17.5. The lowest BCUT2D eigenvalue weighted by Crippen LogP contribution is -2.51.